The lowest BCUT2D eigenvalue weighted by atomic mass is 9.60. The lowest BCUT2D eigenvalue weighted by molar-refractivity contribution is -0.122. The Hall–Kier alpha value is -1.91. The largest absolute Gasteiger partial charge is 0.274 e. The van der Waals surface area contributed by atoms with Gasteiger partial charge in [-0.1, -0.05) is 63.9 Å². The fourth-order valence-corrected chi connectivity index (χ4v) is 5.36. The van der Waals surface area contributed by atoms with E-state index >= 15 is 0 Å². The summed E-state index contributed by atoms with van der Waals surface area (Å²) in [5.74, 6) is -1.41. The average Bonchev–Trinajstić information content (AvgIpc) is 2.87. The molecule has 4 aliphatic rings. The molecule has 0 saturated carbocycles. The molecule has 0 unspecified atom stereocenters. The van der Waals surface area contributed by atoms with E-state index in [0.717, 1.165) is 15.6 Å². The molecule has 6 rings (SSSR count). The van der Waals surface area contributed by atoms with Crippen LogP contribution in [0.2, 0.25) is 0 Å². The van der Waals surface area contributed by atoms with Gasteiger partial charge in [0.1, 0.15) is 0 Å². The smallest absolute Gasteiger partial charge is 0.238 e. The van der Waals surface area contributed by atoms with Crippen LogP contribution in [-0.2, 0) is 9.59 Å². The van der Waals surface area contributed by atoms with E-state index in [1.165, 1.54) is 4.90 Å². The Labute approximate surface area is 158 Å². The van der Waals surface area contributed by atoms with Crippen LogP contribution in [0.5, 0.6) is 0 Å². The standard InChI is InChI=1S/C20H13BrClNO2/c21-10-4-3-5-11(8-10)23-19(24)17-14-9-15(22)16(18(17)20(23)25)13-7-2-1-6-12(13)14/h1-9,14,16-18H/t14-,16+,17+,18+/m0/s1. The normalized spacial score (nSPS) is 29.5. The van der Waals surface area contributed by atoms with Crippen molar-refractivity contribution in [2.45, 2.75) is 11.8 Å². The molecule has 3 aliphatic carbocycles. The molecule has 2 bridgehead atoms. The van der Waals surface area contributed by atoms with Gasteiger partial charge in [0.15, 0.2) is 0 Å². The summed E-state index contributed by atoms with van der Waals surface area (Å²) in [4.78, 5) is 27.7. The lowest BCUT2D eigenvalue weighted by Gasteiger charge is -2.42. The molecule has 3 nitrogen and oxygen atoms in total. The summed E-state index contributed by atoms with van der Waals surface area (Å²) < 4.78 is 0.836. The van der Waals surface area contributed by atoms with Crippen LogP contribution in [0.3, 0.4) is 0 Å². The second-order valence-corrected chi connectivity index (χ2v) is 8.08. The summed E-state index contributed by atoms with van der Waals surface area (Å²) in [5.41, 5.74) is 2.81. The molecule has 2 aromatic carbocycles. The molecule has 2 aromatic rings. The van der Waals surface area contributed by atoms with Crippen molar-refractivity contribution in [3.63, 3.8) is 0 Å². The molecule has 0 spiro atoms. The molecular weight excluding hydrogens is 402 g/mol. The van der Waals surface area contributed by atoms with Gasteiger partial charge in [0.05, 0.1) is 17.5 Å². The highest BCUT2D eigenvalue weighted by Crippen LogP contribution is 2.59. The van der Waals surface area contributed by atoms with Crippen molar-refractivity contribution in [1.82, 2.24) is 0 Å². The van der Waals surface area contributed by atoms with Crippen molar-refractivity contribution in [2.75, 3.05) is 4.90 Å². The molecular formula is C20H13BrClNO2. The number of carbonyl (C=O) groups is 2. The van der Waals surface area contributed by atoms with Crippen LogP contribution >= 0.6 is 27.5 Å². The van der Waals surface area contributed by atoms with Gasteiger partial charge in [-0.15, -0.1) is 0 Å². The first-order valence-electron chi connectivity index (χ1n) is 8.17. The van der Waals surface area contributed by atoms with E-state index in [-0.39, 0.29) is 29.6 Å². The van der Waals surface area contributed by atoms with Crippen molar-refractivity contribution in [2.24, 2.45) is 11.8 Å². The zero-order valence-corrected chi connectivity index (χ0v) is 15.4. The van der Waals surface area contributed by atoms with Gasteiger partial charge >= 0.3 is 0 Å². The van der Waals surface area contributed by atoms with E-state index < -0.39 is 5.92 Å². The van der Waals surface area contributed by atoms with Gasteiger partial charge in [0.25, 0.3) is 0 Å². The van der Waals surface area contributed by atoms with Crippen LogP contribution < -0.4 is 4.90 Å². The molecule has 25 heavy (non-hydrogen) atoms. The zero-order chi connectivity index (χ0) is 17.3. The van der Waals surface area contributed by atoms with Gasteiger partial charge in [-0.25, -0.2) is 4.90 Å². The van der Waals surface area contributed by atoms with Gasteiger partial charge in [0, 0.05) is 21.3 Å². The maximum Gasteiger partial charge on any atom is 0.238 e. The maximum absolute atomic E-state index is 13.2. The summed E-state index contributed by atoms with van der Waals surface area (Å²) in [7, 11) is 0. The van der Waals surface area contributed by atoms with Crippen LogP contribution in [0, 0.1) is 11.8 Å². The Kier molecular flexibility index (Phi) is 3.25. The molecule has 1 saturated heterocycles. The van der Waals surface area contributed by atoms with Crippen molar-refractivity contribution in [1.29, 1.82) is 0 Å². The number of anilines is 1. The lowest BCUT2D eigenvalue weighted by Crippen LogP contribution is -2.38. The molecule has 0 aromatic heterocycles. The SMILES string of the molecule is O=C1[C@H]2[C@H](C(=O)N1c1cccc(Br)c1)[C@H]1C(Cl)=C[C@H]2c2ccccc21. The fraction of sp³-hybridized carbons (Fsp3) is 0.200. The second kappa shape index (κ2) is 5.29. The van der Waals surface area contributed by atoms with E-state index in [2.05, 4.69) is 15.9 Å². The molecule has 4 atom stereocenters. The first-order valence-corrected chi connectivity index (χ1v) is 9.34. The predicted octanol–water partition coefficient (Wildman–Crippen LogP) is 4.57. The Balaban J connectivity index is 1.66. The second-order valence-electron chi connectivity index (χ2n) is 6.73. The van der Waals surface area contributed by atoms with Gasteiger partial charge in [-0.05, 0) is 29.3 Å². The highest BCUT2D eigenvalue weighted by Gasteiger charge is 2.60. The first-order chi connectivity index (χ1) is 12.1. The maximum atomic E-state index is 13.2. The molecule has 1 heterocycles. The average molecular weight is 415 g/mol. The number of allylic oxidation sites excluding steroid dienone is 2. The molecule has 0 N–H and O–H groups in total. The quantitative estimate of drug-likeness (QED) is 0.641. The Bertz CT molecular complexity index is 970. The number of halogens is 2. The monoisotopic (exact) mass is 413 g/mol. The molecule has 2 amide bonds. The number of imide groups is 1. The van der Waals surface area contributed by atoms with Crippen LogP contribution in [0.15, 0.2) is 64.1 Å². The number of benzene rings is 2. The van der Waals surface area contributed by atoms with Crippen LogP contribution in [-0.4, -0.2) is 11.8 Å². The zero-order valence-electron chi connectivity index (χ0n) is 13.0. The third kappa shape index (κ3) is 1.98. The van der Waals surface area contributed by atoms with Gasteiger partial charge in [0.2, 0.25) is 11.8 Å². The van der Waals surface area contributed by atoms with Gasteiger partial charge in [-0.2, -0.15) is 0 Å². The van der Waals surface area contributed by atoms with Crippen LogP contribution in [0.4, 0.5) is 5.69 Å². The van der Waals surface area contributed by atoms with E-state index in [1.807, 2.05) is 42.5 Å². The number of rotatable bonds is 1. The molecule has 124 valence electrons. The number of hydrogen-bond acceptors (Lipinski definition) is 2. The third-order valence-corrected chi connectivity index (χ3v) is 6.39. The molecule has 1 aliphatic heterocycles. The number of hydrogen-bond donors (Lipinski definition) is 0. The predicted molar refractivity (Wildman–Crippen MR) is 99.5 cm³/mol. The highest BCUT2D eigenvalue weighted by molar-refractivity contribution is 9.10. The van der Waals surface area contributed by atoms with Crippen molar-refractivity contribution < 1.29 is 9.59 Å². The summed E-state index contributed by atoms with van der Waals surface area (Å²) in [6, 6.07) is 15.3. The molecule has 0 radical (unpaired) electrons. The Morgan fingerprint density at radius 1 is 0.920 bits per heavy atom. The van der Waals surface area contributed by atoms with Crippen molar-refractivity contribution in [3.8, 4) is 0 Å². The van der Waals surface area contributed by atoms with E-state index in [1.54, 1.807) is 12.1 Å². The van der Waals surface area contributed by atoms with Crippen molar-refractivity contribution >= 4 is 45.0 Å². The topological polar surface area (TPSA) is 37.4 Å². The van der Waals surface area contributed by atoms with E-state index in [4.69, 9.17) is 11.6 Å². The summed E-state index contributed by atoms with van der Waals surface area (Å²) in [5, 5.41) is 0.683. The highest BCUT2D eigenvalue weighted by atomic mass is 79.9. The van der Waals surface area contributed by atoms with Gasteiger partial charge < -0.3 is 0 Å². The summed E-state index contributed by atoms with van der Waals surface area (Å²) in [6.07, 6.45) is 1.96. The minimum absolute atomic E-state index is 0.127. The van der Waals surface area contributed by atoms with Crippen molar-refractivity contribution in [3.05, 3.63) is 75.2 Å². The van der Waals surface area contributed by atoms with Crippen LogP contribution in [0.1, 0.15) is 23.0 Å². The number of amides is 2. The molecule has 1 fully saturated rings. The Morgan fingerprint density at radius 3 is 2.40 bits per heavy atom. The van der Waals surface area contributed by atoms with Gasteiger partial charge in [-0.3, -0.25) is 9.59 Å². The summed E-state index contributed by atoms with van der Waals surface area (Å²) in [6.45, 7) is 0. The fourth-order valence-electron chi connectivity index (χ4n) is 4.58. The Morgan fingerprint density at radius 2 is 1.64 bits per heavy atom. The third-order valence-electron chi connectivity index (χ3n) is 5.54. The molecule has 5 heteroatoms. The van der Waals surface area contributed by atoms with Crippen LogP contribution in [0.25, 0.3) is 0 Å². The van der Waals surface area contributed by atoms with E-state index in [9.17, 15) is 9.59 Å². The number of carbonyl (C=O) groups excluding carboxylic acids is 2. The number of nitrogens with zero attached hydrogens (tertiary/aromatic N) is 1. The minimum atomic E-state index is -0.413. The van der Waals surface area contributed by atoms with E-state index in [0.29, 0.717) is 10.7 Å². The summed E-state index contributed by atoms with van der Waals surface area (Å²) >= 11 is 9.93. The first kappa shape index (κ1) is 15.4. The minimum Gasteiger partial charge on any atom is -0.274 e.